The summed E-state index contributed by atoms with van der Waals surface area (Å²) in [4.78, 5) is 10.9. The molecule has 0 bridgehead atoms. The fraction of sp³-hybridized carbons (Fsp3) is 0.167. The third kappa shape index (κ3) is 2.69. The van der Waals surface area contributed by atoms with E-state index in [1.165, 1.54) is 14.2 Å². The first-order chi connectivity index (χ1) is 9.17. The largest absolute Gasteiger partial charge is 0.496 e. The molecule has 0 saturated heterocycles. The number of H-pyrrole nitrogens is 1. The molecule has 7 heteroatoms. The fourth-order valence-corrected chi connectivity index (χ4v) is 1.73. The third-order valence-electron chi connectivity index (χ3n) is 2.41. The normalized spacial score (nSPS) is 9.74. The number of methoxy groups -OCH3 is 2. The van der Waals surface area contributed by atoms with E-state index in [-0.39, 0.29) is 10.8 Å². The number of ether oxygens (including phenoxy) is 2. The number of rotatable bonds is 3. The van der Waals surface area contributed by atoms with Gasteiger partial charge in [-0.15, -0.1) is 0 Å². The van der Waals surface area contributed by atoms with E-state index in [0.717, 1.165) is 0 Å². The number of nitriles is 1. The quantitative estimate of drug-likeness (QED) is 0.863. The Bertz CT molecular complexity index is 706. The molecule has 0 saturated carbocycles. The van der Waals surface area contributed by atoms with E-state index in [1.54, 1.807) is 18.2 Å². The predicted octanol–water partition coefficient (Wildman–Crippen LogP) is 2.09. The van der Waals surface area contributed by atoms with Gasteiger partial charge >= 0.3 is 0 Å². The molecular formula is C12H10N4O2S. The van der Waals surface area contributed by atoms with Gasteiger partial charge in [-0.25, -0.2) is 0 Å². The van der Waals surface area contributed by atoms with Gasteiger partial charge in [-0.1, -0.05) is 0 Å². The van der Waals surface area contributed by atoms with Crippen LogP contribution < -0.4 is 9.47 Å². The van der Waals surface area contributed by atoms with E-state index in [1.807, 2.05) is 0 Å². The number of nitrogens with zero attached hydrogens (tertiary/aromatic N) is 3. The van der Waals surface area contributed by atoms with Crippen molar-refractivity contribution in [2.75, 3.05) is 14.2 Å². The molecule has 1 N–H and O–H groups in total. The molecule has 19 heavy (non-hydrogen) atoms. The molecule has 96 valence electrons. The molecule has 1 aromatic heterocycles. The van der Waals surface area contributed by atoms with E-state index < -0.39 is 0 Å². The van der Waals surface area contributed by atoms with Crippen LogP contribution in [0.1, 0.15) is 5.56 Å². The Kier molecular flexibility index (Phi) is 3.73. The molecular weight excluding hydrogens is 264 g/mol. The summed E-state index contributed by atoms with van der Waals surface area (Å²) in [6.45, 7) is 0. The molecule has 0 aliphatic heterocycles. The van der Waals surface area contributed by atoms with Crippen molar-refractivity contribution in [2.45, 2.75) is 0 Å². The summed E-state index contributed by atoms with van der Waals surface area (Å²) in [5.74, 6) is 1.01. The summed E-state index contributed by atoms with van der Waals surface area (Å²) >= 11 is 4.97. The Morgan fingerprint density at radius 1 is 1.26 bits per heavy atom. The highest BCUT2D eigenvalue weighted by atomic mass is 32.1. The Morgan fingerprint density at radius 3 is 2.68 bits per heavy atom. The number of nitrogens with one attached hydrogen (secondary N) is 1. The van der Waals surface area contributed by atoms with Gasteiger partial charge in [0, 0.05) is 0 Å². The Morgan fingerprint density at radius 2 is 2.05 bits per heavy atom. The van der Waals surface area contributed by atoms with Crippen LogP contribution in [0.15, 0.2) is 18.2 Å². The van der Waals surface area contributed by atoms with E-state index in [9.17, 15) is 0 Å². The lowest BCUT2D eigenvalue weighted by atomic mass is 10.1. The van der Waals surface area contributed by atoms with Gasteiger partial charge in [-0.3, -0.25) is 4.98 Å². The van der Waals surface area contributed by atoms with Crippen LogP contribution in [0.25, 0.3) is 11.4 Å². The third-order valence-corrected chi connectivity index (χ3v) is 2.59. The summed E-state index contributed by atoms with van der Waals surface area (Å²) in [7, 11) is 3.01. The van der Waals surface area contributed by atoms with E-state index >= 15 is 0 Å². The maximum atomic E-state index is 8.95. The molecule has 1 aromatic carbocycles. The molecule has 0 aliphatic rings. The van der Waals surface area contributed by atoms with Crippen LogP contribution in [0, 0.1) is 16.1 Å². The second kappa shape index (κ2) is 5.46. The molecule has 0 aliphatic carbocycles. The van der Waals surface area contributed by atoms with Crippen LogP contribution in [0.4, 0.5) is 0 Å². The summed E-state index contributed by atoms with van der Waals surface area (Å²) in [6.07, 6.45) is 0. The molecule has 0 unspecified atom stereocenters. The highest BCUT2D eigenvalue weighted by molar-refractivity contribution is 7.71. The van der Waals surface area contributed by atoms with E-state index in [4.69, 9.17) is 27.0 Å². The first kappa shape index (κ1) is 13.0. The smallest absolute Gasteiger partial charge is 0.297 e. The summed E-state index contributed by atoms with van der Waals surface area (Å²) in [5, 5.41) is 8.95. The highest BCUT2D eigenvalue weighted by Gasteiger charge is 2.11. The van der Waals surface area contributed by atoms with Crippen molar-refractivity contribution in [1.29, 1.82) is 5.26 Å². The maximum Gasteiger partial charge on any atom is 0.297 e. The van der Waals surface area contributed by atoms with Gasteiger partial charge in [0.15, 0.2) is 0 Å². The van der Waals surface area contributed by atoms with Gasteiger partial charge in [0.2, 0.25) is 4.77 Å². The summed E-state index contributed by atoms with van der Waals surface area (Å²) in [6, 6.07) is 7.33. The SMILES string of the molecule is COc1nc(=S)nc(-c2cc(C#N)ccc2OC)[nH]1. The minimum Gasteiger partial charge on any atom is -0.496 e. The van der Waals surface area contributed by atoms with Crippen molar-refractivity contribution in [3.05, 3.63) is 28.5 Å². The maximum absolute atomic E-state index is 8.95. The monoisotopic (exact) mass is 274 g/mol. The zero-order valence-corrected chi connectivity index (χ0v) is 11.1. The van der Waals surface area contributed by atoms with Gasteiger partial charge in [0.1, 0.15) is 11.6 Å². The average molecular weight is 274 g/mol. The van der Waals surface area contributed by atoms with E-state index in [0.29, 0.717) is 22.7 Å². The molecule has 2 rings (SSSR count). The number of aromatic nitrogens is 3. The number of hydrogen-bond acceptors (Lipinski definition) is 6. The first-order valence-corrected chi connectivity index (χ1v) is 5.69. The summed E-state index contributed by atoms with van der Waals surface area (Å²) in [5.41, 5.74) is 1.11. The predicted molar refractivity (Wildman–Crippen MR) is 70.5 cm³/mol. The molecule has 0 radical (unpaired) electrons. The van der Waals surface area contributed by atoms with Gasteiger partial charge < -0.3 is 9.47 Å². The van der Waals surface area contributed by atoms with Crippen molar-refractivity contribution in [2.24, 2.45) is 0 Å². The van der Waals surface area contributed by atoms with Gasteiger partial charge in [0.25, 0.3) is 6.01 Å². The topological polar surface area (TPSA) is 83.8 Å². The Hall–Kier alpha value is -2.46. The molecule has 6 nitrogen and oxygen atoms in total. The molecule has 0 fully saturated rings. The minimum atomic E-state index is 0.148. The average Bonchev–Trinajstić information content (AvgIpc) is 2.45. The molecule has 0 spiro atoms. The van der Waals surface area contributed by atoms with E-state index in [2.05, 4.69) is 21.0 Å². The minimum absolute atomic E-state index is 0.148. The molecule has 2 aromatic rings. The van der Waals surface area contributed by atoms with Crippen LogP contribution >= 0.6 is 12.2 Å². The fourth-order valence-electron chi connectivity index (χ4n) is 1.55. The van der Waals surface area contributed by atoms with Crippen molar-refractivity contribution in [1.82, 2.24) is 15.0 Å². The lowest BCUT2D eigenvalue weighted by Gasteiger charge is -2.09. The highest BCUT2D eigenvalue weighted by Crippen LogP contribution is 2.28. The Balaban J connectivity index is 2.66. The van der Waals surface area contributed by atoms with Gasteiger partial charge in [0.05, 0.1) is 31.4 Å². The van der Waals surface area contributed by atoms with Crippen LogP contribution in [-0.4, -0.2) is 29.2 Å². The first-order valence-electron chi connectivity index (χ1n) is 5.28. The van der Waals surface area contributed by atoms with Crippen molar-refractivity contribution >= 4 is 12.2 Å². The van der Waals surface area contributed by atoms with Crippen LogP contribution in [-0.2, 0) is 0 Å². The summed E-state index contributed by atoms with van der Waals surface area (Å²) < 4.78 is 10.4. The van der Waals surface area contributed by atoms with Crippen LogP contribution in [0.5, 0.6) is 11.8 Å². The number of aromatic amines is 1. The molecule has 0 atom stereocenters. The van der Waals surface area contributed by atoms with Crippen molar-refractivity contribution < 1.29 is 9.47 Å². The molecule has 0 amide bonds. The number of hydrogen-bond donors (Lipinski definition) is 1. The van der Waals surface area contributed by atoms with Gasteiger partial charge in [-0.2, -0.15) is 15.2 Å². The lowest BCUT2D eigenvalue weighted by Crippen LogP contribution is -1.99. The zero-order chi connectivity index (χ0) is 13.8. The standard InChI is InChI=1S/C12H10N4O2S/c1-17-9-4-3-7(6-13)5-8(9)10-14-11(18-2)16-12(19)15-10/h3-5H,1-2H3,(H,14,15,16,19). The van der Waals surface area contributed by atoms with Crippen molar-refractivity contribution in [3.63, 3.8) is 0 Å². The second-order valence-electron chi connectivity index (χ2n) is 3.52. The van der Waals surface area contributed by atoms with Crippen LogP contribution in [0.2, 0.25) is 0 Å². The van der Waals surface area contributed by atoms with Crippen molar-refractivity contribution in [3.8, 4) is 29.2 Å². The second-order valence-corrected chi connectivity index (χ2v) is 3.88. The molecule has 1 heterocycles. The Labute approximate surface area is 114 Å². The number of benzene rings is 1. The van der Waals surface area contributed by atoms with Gasteiger partial charge in [-0.05, 0) is 30.4 Å². The lowest BCUT2D eigenvalue weighted by molar-refractivity contribution is 0.377. The zero-order valence-electron chi connectivity index (χ0n) is 10.3. The van der Waals surface area contributed by atoms with Crippen LogP contribution in [0.3, 0.4) is 0 Å².